The third kappa shape index (κ3) is 4.68. The van der Waals surface area contributed by atoms with E-state index in [1.807, 2.05) is 24.3 Å². The Labute approximate surface area is 149 Å². The molecule has 0 spiro atoms. The molecule has 0 bridgehead atoms. The topological polar surface area (TPSA) is 49.8 Å². The Hall–Kier alpha value is -1.65. The van der Waals surface area contributed by atoms with Gasteiger partial charge in [0.05, 0.1) is 0 Å². The van der Waals surface area contributed by atoms with E-state index in [1.165, 1.54) is 12.8 Å². The molecule has 1 aromatic carbocycles. The highest BCUT2D eigenvalue weighted by atomic mass is 35.5. The second-order valence-corrected chi connectivity index (χ2v) is 6.86. The first kappa shape index (κ1) is 17.2. The minimum atomic E-state index is 0.665. The Bertz CT molecular complexity index is 668. The van der Waals surface area contributed by atoms with Crippen molar-refractivity contribution >= 4 is 17.4 Å². The van der Waals surface area contributed by atoms with Gasteiger partial charge in [-0.2, -0.15) is 0 Å². The average molecular weight is 345 g/mol. The summed E-state index contributed by atoms with van der Waals surface area (Å²) in [7, 11) is 0. The van der Waals surface area contributed by atoms with E-state index in [0.29, 0.717) is 10.9 Å². The smallest absolute Gasteiger partial charge is 0.161 e. The number of rotatable bonds is 6. The van der Waals surface area contributed by atoms with Gasteiger partial charge in [-0.15, -0.1) is 0 Å². The monoisotopic (exact) mass is 344 g/mol. The molecule has 0 radical (unpaired) electrons. The Morgan fingerprint density at radius 1 is 1.29 bits per heavy atom. The Morgan fingerprint density at radius 3 is 2.96 bits per heavy atom. The molecule has 1 atom stereocenters. The van der Waals surface area contributed by atoms with Gasteiger partial charge in [-0.3, -0.25) is 0 Å². The highest BCUT2D eigenvalue weighted by Crippen LogP contribution is 2.22. The van der Waals surface area contributed by atoms with Gasteiger partial charge in [0.25, 0.3) is 0 Å². The van der Waals surface area contributed by atoms with E-state index in [0.717, 1.165) is 55.4 Å². The molecule has 1 unspecified atom stereocenters. The highest BCUT2D eigenvalue weighted by molar-refractivity contribution is 6.30. The molecule has 1 aromatic heterocycles. The Kier molecular flexibility index (Phi) is 6.05. The fourth-order valence-electron chi connectivity index (χ4n) is 3.08. The molecule has 24 heavy (non-hydrogen) atoms. The number of hydrogen-bond donors (Lipinski definition) is 2. The van der Waals surface area contributed by atoms with Crippen molar-refractivity contribution in [3.63, 3.8) is 0 Å². The Morgan fingerprint density at radius 2 is 2.21 bits per heavy atom. The van der Waals surface area contributed by atoms with Gasteiger partial charge in [0.15, 0.2) is 5.82 Å². The molecule has 2 aromatic rings. The van der Waals surface area contributed by atoms with Crippen LogP contribution >= 0.6 is 11.6 Å². The third-order valence-corrected chi connectivity index (χ3v) is 4.57. The molecule has 1 saturated heterocycles. The first-order valence-electron chi connectivity index (χ1n) is 8.83. The van der Waals surface area contributed by atoms with Crippen LogP contribution in [0.15, 0.2) is 30.3 Å². The van der Waals surface area contributed by atoms with Crippen LogP contribution in [0.25, 0.3) is 11.4 Å². The van der Waals surface area contributed by atoms with Crippen LogP contribution in [0.1, 0.15) is 31.9 Å². The molecule has 128 valence electrons. The lowest BCUT2D eigenvalue weighted by atomic mass is 10.00. The predicted octanol–water partition coefficient (Wildman–Crippen LogP) is 4.16. The summed E-state index contributed by atoms with van der Waals surface area (Å²) >= 11 is 6.12. The van der Waals surface area contributed by atoms with Crippen LogP contribution in [0.5, 0.6) is 0 Å². The van der Waals surface area contributed by atoms with Crippen LogP contribution in [0, 0.1) is 5.92 Å². The number of benzene rings is 1. The maximum Gasteiger partial charge on any atom is 0.161 e. The zero-order valence-electron chi connectivity index (χ0n) is 14.2. The second kappa shape index (κ2) is 8.45. The van der Waals surface area contributed by atoms with E-state index >= 15 is 0 Å². The molecule has 2 N–H and O–H groups in total. The van der Waals surface area contributed by atoms with Crippen molar-refractivity contribution in [1.82, 2.24) is 15.3 Å². The van der Waals surface area contributed by atoms with Crippen LogP contribution in [0.2, 0.25) is 5.02 Å². The lowest BCUT2D eigenvalue weighted by molar-refractivity contribution is 0.392. The maximum absolute atomic E-state index is 6.12. The summed E-state index contributed by atoms with van der Waals surface area (Å²) in [5, 5.41) is 7.68. The number of piperidine rings is 1. The first-order valence-corrected chi connectivity index (χ1v) is 9.21. The number of hydrogen-bond acceptors (Lipinski definition) is 4. The third-order valence-electron chi connectivity index (χ3n) is 4.34. The van der Waals surface area contributed by atoms with Gasteiger partial charge in [-0.1, -0.05) is 37.1 Å². The van der Waals surface area contributed by atoms with Crippen molar-refractivity contribution in [2.24, 2.45) is 5.92 Å². The molecular formula is C19H25ClN4. The van der Waals surface area contributed by atoms with Crippen molar-refractivity contribution in [1.29, 1.82) is 0 Å². The highest BCUT2D eigenvalue weighted by Gasteiger charge is 2.13. The largest absolute Gasteiger partial charge is 0.370 e. The second-order valence-electron chi connectivity index (χ2n) is 6.42. The van der Waals surface area contributed by atoms with E-state index < -0.39 is 0 Å². The molecule has 1 aliphatic rings. The predicted molar refractivity (Wildman–Crippen MR) is 101 cm³/mol. The number of aryl methyl sites for hydroxylation is 1. The lowest BCUT2D eigenvalue weighted by Gasteiger charge is -2.23. The molecule has 1 aliphatic heterocycles. The van der Waals surface area contributed by atoms with E-state index in [2.05, 4.69) is 23.6 Å². The van der Waals surface area contributed by atoms with Crippen molar-refractivity contribution < 1.29 is 0 Å². The average Bonchev–Trinajstić information content (AvgIpc) is 2.61. The van der Waals surface area contributed by atoms with Gasteiger partial charge >= 0.3 is 0 Å². The van der Waals surface area contributed by atoms with Gasteiger partial charge in [0, 0.05) is 28.9 Å². The van der Waals surface area contributed by atoms with Gasteiger partial charge in [0.1, 0.15) is 5.82 Å². The minimum absolute atomic E-state index is 0.665. The van der Waals surface area contributed by atoms with Gasteiger partial charge < -0.3 is 10.6 Å². The van der Waals surface area contributed by atoms with Gasteiger partial charge in [-0.25, -0.2) is 9.97 Å². The molecule has 3 rings (SSSR count). The normalized spacial score (nSPS) is 17.7. The summed E-state index contributed by atoms with van der Waals surface area (Å²) in [5.41, 5.74) is 2.04. The maximum atomic E-state index is 6.12. The van der Waals surface area contributed by atoms with Crippen molar-refractivity contribution in [2.45, 2.75) is 32.6 Å². The molecule has 0 amide bonds. The molecule has 5 heteroatoms. The fourth-order valence-corrected chi connectivity index (χ4v) is 3.27. The lowest BCUT2D eigenvalue weighted by Crippen LogP contribution is -2.33. The van der Waals surface area contributed by atoms with Crippen molar-refractivity contribution in [2.75, 3.05) is 25.0 Å². The summed E-state index contributed by atoms with van der Waals surface area (Å²) in [5.74, 6) is 2.32. The molecule has 2 heterocycles. The molecule has 4 nitrogen and oxygen atoms in total. The van der Waals surface area contributed by atoms with Crippen molar-refractivity contribution in [3.8, 4) is 11.4 Å². The molecule has 1 fully saturated rings. The summed E-state index contributed by atoms with van der Waals surface area (Å²) in [6.45, 7) is 5.34. The zero-order valence-corrected chi connectivity index (χ0v) is 14.9. The van der Waals surface area contributed by atoms with E-state index in [-0.39, 0.29) is 0 Å². The van der Waals surface area contributed by atoms with Gasteiger partial charge in [0.2, 0.25) is 0 Å². The number of nitrogens with zero attached hydrogens (tertiary/aromatic N) is 2. The Balaban J connectivity index is 1.79. The summed E-state index contributed by atoms with van der Waals surface area (Å²) in [6, 6.07) is 9.81. The number of nitrogens with one attached hydrogen (secondary N) is 2. The van der Waals surface area contributed by atoms with Crippen LogP contribution < -0.4 is 10.6 Å². The van der Waals surface area contributed by atoms with E-state index in [1.54, 1.807) is 0 Å². The number of aromatic nitrogens is 2. The number of halogens is 1. The van der Waals surface area contributed by atoms with E-state index in [9.17, 15) is 0 Å². The van der Waals surface area contributed by atoms with E-state index in [4.69, 9.17) is 21.6 Å². The SMILES string of the molecule is CCCc1cc(NCC2CCCNC2)nc(-c2cccc(Cl)c2)n1. The minimum Gasteiger partial charge on any atom is -0.370 e. The van der Waals surface area contributed by atoms with Gasteiger partial charge in [-0.05, 0) is 50.4 Å². The van der Waals surface area contributed by atoms with Crippen LogP contribution in [-0.2, 0) is 6.42 Å². The molecule has 0 aliphatic carbocycles. The van der Waals surface area contributed by atoms with Crippen LogP contribution in [0.3, 0.4) is 0 Å². The molecule has 0 saturated carbocycles. The molecular weight excluding hydrogens is 320 g/mol. The van der Waals surface area contributed by atoms with Crippen molar-refractivity contribution in [3.05, 3.63) is 41.0 Å². The first-order chi connectivity index (χ1) is 11.7. The van der Waals surface area contributed by atoms with Crippen LogP contribution in [0.4, 0.5) is 5.82 Å². The summed E-state index contributed by atoms with van der Waals surface area (Å²) in [4.78, 5) is 9.42. The standard InChI is InChI=1S/C19H25ClN4/c1-2-5-17-11-18(22-13-14-6-4-9-21-12-14)24-19(23-17)15-7-3-8-16(20)10-15/h3,7-8,10-11,14,21H,2,4-6,9,12-13H2,1H3,(H,22,23,24). The quantitative estimate of drug-likeness (QED) is 0.826. The zero-order chi connectivity index (χ0) is 16.8. The summed E-state index contributed by atoms with van der Waals surface area (Å²) < 4.78 is 0. The number of anilines is 1. The fraction of sp³-hybridized carbons (Fsp3) is 0.474. The van der Waals surface area contributed by atoms with Crippen LogP contribution in [-0.4, -0.2) is 29.6 Å². The summed E-state index contributed by atoms with van der Waals surface area (Å²) in [6.07, 6.45) is 4.55.